The minimum atomic E-state index is -0.183. The molecule has 17 heavy (non-hydrogen) atoms. The second-order valence-electron chi connectivity index (χ2n) is 5.18. The van der Waals surface area contributed by atoms with E-state index >= 15 is 0 Å². The van der Waals surface area contributed by atoms with Gasteiger partial charge >= 0.3 is 0 Å². The van der Waals surface area contributed by atoms with Crippen LogP contribution in [0.1, 0.15) is 32.6 Å². The van der Waals surface area contributed by atoms with Crippen molar-refractivity contribution in [2.24, 2.45) is 5.16 Å². The molecule has 0 aromatic heterocycles. The van der Waals surface area contributed by atoms with Crippen molar-refractivity contribution in [1.29, 1.82) is 0 Å². The molecule has 0 aromatic rings. The molecule has 0 saturated carbocycles. The Bertz CT molecular complexity index is 356. The van der Waals surface area contributed by atoms with Crippen LogP contribution in [-0.2, 0) is 9.57 Å². The number of hydrogen-bond donors (Lipinski definition) is 0. The van der Waals surface area contributed by atoms with Gasteiger partial charge in [-0.3, -0.25) is 0 Å². The minimum absolute atomic E-state index is 0.183. The van der Waals surface area contributed by atoms with Crippen molar-refractivity contribution in [1.82, 2.24) is 4.90 Å². The van der Waals surface area contributed by atoms with Crippen molar-refractivity contribution >= 4 is 5.84 Å². The Labute approximate surface area is 102 Å². The van der Waals surface area contributed by atoms with Gasteiger partial charge in [0, 0.05) is 13.2 Å². The van der Waals surface area contributed by atoms with Gasteiger partial charge in [-0.2, -0.15) is 0 Å². The van der Waals surface area contributed by atoms with E-state index in [4.69, 9.17) is 9.57 Å². The SMILES string of the molecule is C/C=C1\CCCN2CC3(CCCOC3)ON=C12. The predicted octanol–water partition coefficient (Wildman–Crippen LogP) is 1.92. The molecule has 1 spiro atoms. The Kier molecular flexibility index (Phi) is 2.82. The molecular formula is C13H20N2O2. The highest BCUT2D eigenvalue weighted by Gasteiger charge is 2.42. The molecule has 0 aromatic carbocycles. The molecule has 3 aliphatic heterocycles. The van der Waals surface area contributed by atoms with Crippen LogP contribution in [0.15, 0.2) is 16.8 Å². The third-order valence-corrected chi connectivity index (χ3v) is 3.90. The van der Waals surface area contributed by atoms with E-state index in [0.717, 1.165) is 44.8 Å². The molecule has 0 N–H and O–H groups in total. The summed E-state index contributed by atoms with van der Waals surface area (Å²) in [4.78, 5) is 8.16. The van der Waals surface area contributed by atoms with E-state index in [9.17, 15) is 0 Å². The van der Waals surface area contributed by atoms with Crippen molar-refractivity contribution in [3.63, 3.8) is 0 Å². The second-order valence-corrected chi connectivity index (χ2v) is 5.18. The summed E-state index contributed by atoms with van der Waals surface area (Å²) in [5.41, 5.74) is 1.14. The molecule has 4 nitrogen and oxygen atoms in total. The van der Waals surface area contributed by atoms with E-state index < -0.39 is 0 Å². The van der Waals surface area contributed by atoms with E-state index in [-0.39, 0.29) is 5.60 Å². The molecule has 0 radical (unpaired) electrons. The van der Waals surface area contributed by atoms with Gasteiger partial charge < -0.3 is 14.5 Å². The molecule has 0 amide bonds. The predicted molar refractivity (Wildman–Crippen MR) is 65.9 cm³/mol. The third kappa shape index (κ3) is 1.95. The molecule has 94 valence electrons. The number of oxime groups is 1. The Morgan fingerprint density at radius 1 is 1.41 bits per heavy atom. The summed E-state index contributed by atoms with van der Waals surface area (Å²) in [6.07, 6.45) is 6.64. The van der Waals surface area contributed by atoms with Gasteiger partial charge in [0.1, 0.15) is 0 Å². The lowest BCUT2D eigenvalue weighted by atomic mass is 9.93. The van der Waals surface area contributed by atoms with Crippen molar-refractivity contribution in [3.8, 4) is 0 Å². The fourth-order valence-electron chi connectivity index (χ4n) is 2.97. The minimum Gasteiger partial charge on any atom is -0.383 e. The highest BCUT2D eigenvalue weighted by molar-refractivity contribution is 5.98. The fourth-order valence-corrected chi connectivity index (χ4v) is 2.97. The average Bonchev–Trinajstić information content (AvgIpc) is 2.38. The van der Waals surface area contributed by atoms with Crippen LogP contribution in [0.3, 0.4) is 0 Å². The first kappa shape index (κ1) is 11.1. The molecule has 0 aliphatic carbocycles. The molecule has 4 heteroatoms. The Morgan fingerprint density at radius 3 is 3.12 bits per heavy atom. The highest BCUT2D eigenvalue weighted by Crippen LogP contribution is 2.32. The topological polar surface area (TPSA) is 34.1 Å². The molecule has 3 rings (SSSR count). The summed E-state index contributed by atoms with van der Waals surface area (Å²) in [6.45, 7) is 5.66. The number of piperidine rings is 1. The molecule has 1 unspecified atom stereocenters. The summed E-state index contributed by atoms with van der Waals surface area (Å²) in [7, 11) is 0. The second kappa shape index (κ2) is 4.33. The van der Waals surface area contributed by atoms with Crippen LogP contribution < -0.4 is 0 Å². The highest BCUT2D eigenvalue weighted by atomic mass is 16.7. The summed E-state index contributed by atoms with van der Waals surface area (Å²) >= 11 is 0. The summed E-state index contributed by atoms with van der Waals surface area (Å²) < 4.78 is 5.56. The van der Waals surface area contributed by atoms with Gasteiger partial charge in [-0.1, -0.05) is 11.2 Å². The largest absolute Gasteiger partial charge is 0.383 e. The first-order valence-electron chi connectivity index (χ1n) is 6.57. The van der Waals surface area contributed by atoms with Gasteiger partial charge in [-0.05, 0) is 38.2 Å². The smallest absolute Gasteiger partial charge is 0.178 e. The number of allylic oxidation sites excluding steroid dienone is 1. The van der Waals surface area contributed by atoms with Crippen LogP contribution in [-0.4, -0.2) is 42.6 Å². The lowest BCUT2D eigenvalue weighted by molar-refractivity contribution is -0.146. The van der Waals surface area contributed by atoms with Crippen LogP contribution in [0, 0.1) is 0 Å². The Hall–Kier alpha value is -1.03. The van der Waals surface area contributed by atoms with Crippen molar-refractivity contribution in [2.45, 2.75) is 38.2 Å². The van der Waals surface area contributed by atoms with Gasteiger partial charge in [0.2, 0.25) is 0 Å². The maximum Gasteiger partial charge on any atom is 0.178 e. The average molecular weight is 236 g/mol. The van der Waals surface area contributed by atoms with Crippen molar-refractivity contribution < 1.29 is 9.57 Å². The number of amidine groups is 1. The molecule has 0 bridgehead atoms. The lowest BCUT2D eigenvalue weighted by Crippen LogP contribution is -2.56. The van der Waals surface area contributed by atoms with E-state index in [2.05, 4.69) is 23.1 Å². The van der Waals surface area contributed by atoms with E-state index in [0.29, 0.717) is 6.61 Å². The summed E-state index contributed by atoms with van der Waals surface area (Å²) in [5.74, 6) is 1.05. The summed E-state index contributed by atoms with van der Waals surface area (Å²) in [5, 5.41) is 4.37. The zero-order chi connectivity index (χ0) is 11.7. The molecule has 3 heterocycles. The molecular weight excluding hydrogens is 216 g/mol. The van der Waals surface area contributed by atoms with Crippen LogP contribution in [0.25, 0.3) is 0 Å². The standard InChI is InChI=1S/C13H20N2O2/c1-2-11-5-3-7-15-9-13(17-14-12(11)15)6-4-8-16-10-13/h2H,3-10H2,1H3/b11-2+. The quantitative estimate of drug-likeness (QED) is 0.644. The van der Waals surface area contributed by atoms with Crippen LogP contribution in [0.5, 0.6) is 0 Å². The van der Waals surface area contributed by atoms with Crippen LogP contribution in [0.2, 0.25) is 0 Å². The van der Waals surface area contributed by atoms with Gasteiger partial charge in [-0.15, -0.1) is 0 Å². The summed E-state index contributed by atoms with van der Waals surface area (Å²) in [6, 6.07) is 0. The number of hydrogen-bond acceptors (Lipinski definition) is 4. The number of rotatable bonds is 0. The number of nitrogens with zero attached hydrogens (tertiary/aromatic N) is 2. The lowest BCUT2D eigenvalue weighted by Gasteiger charge is -2.44. The Morgan fingerprint density at radius 2 is 2.35 bits per heavy atom. The maximum atomic E-state index is 5.79. The zero-order valence-electron chi connectivity index (χ0n) is 10.4. The first-order valence-corrected chi connectivity index (χ1v) is 6.57. The van der Waals surface area contributed by atoms with Gasteiger partial charge in [0.05, 0.1) is 13.2 Å². The number of fused-ring (bicyclic) bond motifs is 1. The maximum absolute atomic E-state index is 5.79. The number of ether oxygens (including phenoxy) is 1. The van der Waals surface area contributed by atoms with Crippen molar-refractivity contribution in [2.75, 3.05) is 26.3 Å². The van der Waals surface area contributed by atoms with E-state index in [1.165, 1.54) is 12.0 Å². The normalized spacial score (nSPS) is 35.5. The molecule has 3 aliphatic rings. The van der Waals surface area contributed by atoms with E-state index in [1.54, 1.807) is 0 Å². The van der Waals surface area contributed by atoms with E-state index in [1.807, 2.05) is 0 Å². The third-order valence-electron chi connectivity index (χ3n) is 3.90. The van der Waals surface area contributed by atoms with Crippen molar-refractivity contribution in [3.05, 3.63) is 11.6 Å². The first-order chi connectivity index (χ1) is 8.33. The van der Waals surface area contributed by atoms with Gasteiger partial charge in [0.25, 0.3) is 0 Å². The molecule has 2 fully saturated rings. The van der Waals surface area contributed by atoms with Gasteiger partial charge in [0.15, 0.2) is 11.4 Å². The Balaban J connectivity index is 1.82. The molecule has 2 saturated heterocycles. The van der Waals surface area contributed by atoms with Crippen LogP contribution >= 0.6 is 0 Å². The van der Waals surface area contributed by atoms with Crippen LogP contribution in [0.4, 0.5) is 0 Å². The molecule has 1 atom stereocenters. The zero-order valence-corrected chi connectivity index (χ0v) is 10.4. The fraction of sp³-hybridized carbons (Fsp3) is 0.769. The van der Waals surface area contributed by atoms with Gasteiger partial charge in [-0.25, -0.2) is 0 Å². The monoisotopic (exact) mass is 236 g/mol.